The van der Waals surface area contributed by atoms with E-state index in [0.717, 1.165) is 16.7 Å². The number of hydrogen-bond donors (Lipinski definition) is 4. The van der Waals surface area contributed by atoms with E-state index in [1.54, 1.807) is 18.2 Å². The quantitative estimate of drug-likeness (QED) is 0.482. The van der Waals surface area contributed by atoms with Crippen LogP contribution < -0.4 is 11.5 Å². The van der Waals surface area contributed by atoms with Crippen LogP contribution in [-0.4, -0.2) is 10.2 Å². The molecule has 4 nitrogen and oxygen atoms in total. The Balaban J connectivity index is 2.67. The highest BCUT2D eigenvalue weighted by Gasteiger charge is 2.15. The Kier molecular flexibility index (Phi) is 3.02. The smallest absolute Gasteiger partial charge is 0.146 e. The maximum Gasteiger partial charge on any atom is 0.146 e. The zero-order valence-corrected chi connectivity index (χ0v) is 10.1. The molecule has 0 heterocycles. The molecule has 2 aromatic carbocycles. The number of rotatable bonds is 2. The fourth-order valence-corrected chi connectivity index (χ4v) is 1.99. The van der Waals surface area contributed by atoms with Gasteiger partial charge in [-0.15, -0.1) is 0 Å². The number of phenols is 2. The molecule has 0 amide bonds. The summed E-state index contributed by atoms with van der Waals surface area (Å²) in [7, 11) is 0. The lowest BCUT2D eigenvalue weighted by molar-refractivity contribution is 0.452. The molecule has 2 aromatic rings. The molecule has 94 valence electrons. The van der Waals surface area contributed by atoms with E-state index in [-0.39, 0.29) is 17.2 Å². The predicted molar refractivity (Wildman–Crippen MR) is 73.4 cm³/mol. The van der Waals surface area contributed by atoms with Crippen molar-refractivity contribution in [2.75, 3.05) is 11.5 Å². The van der Waals surface area contributed by atoms with Crippen LogP contribution in [0.1, 0.15) is 12.5 Å². The van der Waals surface area contributed by atoms with Crippen LogP contribution >= 0.6 is 0 Å². The highest BCUT2D eigenvalue weighted by Crippen LogP contribution is 2.40. The molecule has 0 bridgehead atoms. The molecule has 0 fully saturated rings. The highest BCUT2D eigenvalue weighted by molar-refractivity contribution is 5.79. The first-order chi connectivity index (χ1) is 8.54. The van der Waals surface area contributed by atoms with Gasteiger partial charge in [0.25, 0.3) is 0 Å². The van der Waals surface area contributed by atoms with Crippen molar-refractivity contribution >= 4 is 11.4 Å². The Morgan fingerprint density at radius 3 is 2.22 bits per heavy atom. The van der Waals surface area contributed by atoms with E-state index in [1.165, 1.54) is 0 Å². The molecule has 0 saturated carbocycles. The molecular formula is C14H16N2O2. The molecular weight excluding hydrogens is 228 g/mol. The standard InChI is InChI=1S/C14H16N2O2/c1-2-10-11(7-12(17)13(16)14(10)18)8-3-5-9(15)6-4-8/h3-7,17-18H,2,15-16H2,1H3. The number of anilines is 2. The fourth-order valence-electron chi connectivity index (χ4n) is 1.99. The molecule has 0 aromatic heterocycles. The number of hydrogen-bond acceptors (Lipinski definition) is 4. The molecule has 18 heavy (non-hydrogen) atoms. The summed E-state index contributed by atoms with van der Waals surface area (Å²) in [6, 6.07) is 8.82. The first-order valence-corrected chi connectivity index (χ1v) is 5.73. The topological polar surface area (TPSA) is 92.5 Å². The summed E-state index contributed by atoms with van der Waals surface area (Å²) in [6.07, 6.45) is 0.621. The van der Waals surface area contributed by atoms with Crippen LogP contribution in [0.5, 0.6) is 11.5 Å². The maximum absolute atomic E-state index is 9.97. The van der Waals surface area contributed by atoms with Gasteiger partial charge in [0, 0.05) is 11.3 Å². The molecule has 2 rings (SSSR count). The number of nitrogen functional groups attached to an aromatic ring is 2. The van der Waals surface area contributed by atoms with E-state index in [2.05, 4.69) is 0 Å². The van der Waals surface area contributed by atoms with Crippen LogP contribution in [0.15, 0.2) is 30.3 Å². The largest absolute Gasteiger partial charge is 0.506 e. The van der Waals surface area contributed by atoms with E-state index < -0.39 is 0 Å². The summed E-state index contributed by atoms with van der Waals surface area (Å²) in [5.74, 6) is -0.166. The minimum absolute atomic E-state index is 0.0195. The van der Waals surface area contributed by atoms with Crippen LogP contribution in [0.4, 0.5) is 11.4 Å². The average molecular weight is 244 g/mol. The molecule has 4 heteroatoms. The molecule has 6 N–H and O–H groups in total. The molecule has 0 aliphatic carbocycles. The van der Waals surface area contributed by atoms with Gasteiger partial charge in [-0.25, -0.2) is 0 Å². The van der Waals surface area contributed by atoms with Crippen LogP contribution in [0.2, 0.25) is 0 Å². The number of nitrogens with two attached hydrogens (primary N) is 2. The van der Waals surface area contributed by atoms with Crippen molar-refractivity contribution in [3.05, 3.63) is 35.9 Å². The van der Waals surface area contributed by atoms with Crippen molar-refractivity contribution in [2.24, 2.45) is 0 Å². The summed E-state index contributed by atoms with van der Waals surface area (Å²) >= 11 is 0. The summed E-state index contributed by atoms with van der Waals surface area (Å²) in [5.41, 5.74) is 14.3. The Morgan fingerprint density at radius 1 is 1.06 bits per heavy atom. The van der Waals surface area contributed by atoms with Gasteiger partial charge in [0.1, 0.15) is 17.2 Å². The lowest BCUT2D eigenvalue weighted by Crippen LogP contribution is -1.95. The first kappa shape index (κ1) is 12.1. The first-order valence-electron chi connectivity index (χ1n) is 5.73. The van der Waals surface area contributed by atoms with Crippen molar-refractivity contribution in [3.8, 4) is 22.6 Å². The van der Waals surface area contributed by atoms with Gasteiger partial charge in [0.05, 0.1) is 0 Å². The van der Waals surface area contributed by atoms with Gasteiger partial charge in [0.2, 0.25) is 0 Å². The van der Waals surface area contributed by atoms with Crippen LogP contribution in [0.25, 0.3) is 11.1 Å². The SMILES string of the molecule is CCc1c(-c2ccc(N)cc2)cc(O)c(N)c1O. The van der Waals surface area contributed by atoms with Crippen molar-refractivity contribution < 1.29 is 10.2 Å². The van der Waals surface area contributed by atoms with E-state index in [0.29, 0.717) is 12.1 Å². The average Bonchev–Trinajstić information content (AvgIpc) is 2.37. The predicted octanol–water partition coefficient (Wildman–Crippen LogP) is 2.49. The Morgan fingerprint density at radius 2 is 1.67 bits per heavy atom. The summed E-state index contributed by atoms with van der Waals surface area (Å²) < 4.78 is 0. The Labute approximate surface area is 105 Å². The number of phenolic OH excluding ortho intramolecular Hbond substituents is 2. The lowest BCUT2D eigenvalue weighted by atomic mass is 9.95. The van der Waals surface area contributed by atoms with Gasteiger partial charge in [-0.2, -0.15) is 0 Å². The second-order valence-corrected chi connectivity index (χ2v) is 4.16. The van der Waals surface area contributed by atoms with Crippen molar-refractivity contribution in [2.45, 2.75) is 13.3 Å². The van der Waals surface area contributed by atoms with E-state index in [4.69, 9.17) is 11.5 Å². The van der Waals surface area contributed by atoms with Crippen molar-refractivity contribution in [3.63, 3.8) is 0 Å². The van der Waals surface area contributed by atoms with Crippen LogP contribution in [0, 0.1) is 0 Å². The third-order valence-electron chi connectivity index (χ3n) is 3.00. The van der Waals surface area contributed by atoms with Crippen molar-refractivity contribution in [1.29, 1.82) is 0 Å². The van der Waals surface area contributed by atoms with Crippen LogP contribution in [0.3, 0.4) is 0 Å². The molecule has 0 aliphatic heterocycles. The summed E-state index contributed by atoms with van der Waals surface area (Å²) in [5, 5.41) is 19.7. The minimum Gasteiger partial charge on any atom is -0.506 e. The molecule has 0 radical (unpaired) electrons. The van der Waals surface area contributed by atoms with Gasteiger partial charge in [-0.1, -0.05) is 19.1 Å². The lowest BCUT2D eigenvalue weighted by Gasteiger charge is -2.13. The van der Waals surface area contributed by atoms with E-state index >= 15 is 0 Å². The molecule has 0 unspecified atom stereocenters. The van der Waals surface area contributed by atoms with Gasteiger partial charge in [-0.3, -0.25) is 0 Å². The van der Waals surface area contributed by atoms with Gasteiger partial charge >= 0.3 is 0 Å². The second kappa shape index (κ2) is 4.49. The zero-order valence-electron chi connectivity index (χ0n) is 10.1. The zero-order chi connectivity index (χ0) is 13.3. The van der Waals surface area contributed by atoms with Gasteiger partial charge < -0.3 is 21.7 Å². The number of aromatic hydroxyl groups is 2. The van der Waals surface area contributed by atoms with Gasteiger partial charge in [0.15, 0.2) is 0 Å². The molecule has 0 saturated heterocycles. The Hall–Kier alpha value is -2.36. The highest BCUT2D eigenvalue weighted by atomic mass is 16.3. The molecule has 0 atom stereocenters. The number of benzene rings is 2. The van der Waals surface area contributed by atoms with Gasteiger partial charge in [-0.05, 0) is 35.7 Å². The molecule has 0 aliphatic rings. The fraction of sp³-hybridized carbons (Fsp3) is 0.143. The minimum atomic E-state index is -0.114. The normalized spacial score (nSPS) is 10.5. The van der Waals surface area contributed by atoms with E-state index in [9.17, 15) is 10.2 Å². The third kappa shape index (κ3) is 1.93. The second-order valence-electron chi connectivity index (χ2n) is 4.16. The van der Waals surface area contributed by atoms with E-state index in [1.807, 2.05) is 19.1 Å². The Bertz CT molecular complexity index is 577. The third-order valence-corrected chi connectivity index (χ3v) is 3.00. The van der Waals surface area contributed by atoms with Crippen molar-refractivity contribution in [1.82, 2.24) is 0 Å². The maximum atomic E-state index is 9.97. The summed E-state index contributed by atoms with van der Waals surface area (Å²) in [4.78, 5) is 0. The summed E-state index contributed by atoms with van der Waals surface area (Å²) in [6.45, 7) is 1.92. The van der Waals surface area contributed by atoms with Crippen LogP contribution in [-0.2, 0) is 6.42 Å². The molecule has 0 spiro atoms. The monoisotopic (exact) mass is 244 g/mol.